The van der Waals surface area contributed by atoms with Crippen molar-refractivity contribution >= 4 is 23.2 Å². The second-order valence-corrected chi connectivity index (χ2v) is 3.11. The molecular weight excluding hydrogens is 186 g/mol. The molecule has 0 amide bonds. The summed E-state index contributed by atoms with van der Waals surface area (Å²) in [6.45, 7) is 5.56. The molecule has 0 aliphatic carbocycles. The van der Waals surface area contributed by atoms with Crippen molar-refractivity contribution in [2.75, 3.05) is 0 Å². The van der Waals surface area contributed by atoms with Crippen molar-refractivity contribution < 1.29 is 0 Å². The normalized spacial score (nSPS) is 10.6. The van der Waals surface area contributed by atoms with Crippen molar-refractivity contribution in [3.63, 3.8) is 0 Å². The molecule has 0 saturated carbocycles. The van der Waals surface area contributed by atoms with E-state index in [-0.39, 0.29) is 0 Å². The molecule has 0 radical (unpaired) electrons. The fourth-order valence-electron chi connectivity index (χ4n) is 1.28. The summed E-state index contributed by atoms with van der Waals surface area (Å²) < 4.78 is 1.87. The van der Waals surface area contributed by atoms with Gasteiger partial charge in [0, 0.05) is 6.20 Å². The largest absolute Gasteiger partial charge is 0.295 e. The number of hydrogen-bond donors (Lipinski definition) is 0. The van der Waals surface area contributed by atoms with Crippen LogP contribution >= 0.6 is 11.6 Å². The van der Waals surface area contributed by atoms with E-state index in [0.29, 0.717) is 5.15 Å². The van der Waals surface area contributed by atoms with E-state index in [1.165, 1.54) is 0 Å². The lowest BCUT2D eigenvalue weighted by molar-refractivity contribution is 1.06. The Morgan fingerprint density at radius 3 is 3.08 bits per heavy atom. The second-order valence-electron chi connectivity index (χ2n) is 2.72. The fourth-order valence-corrected chi connectivity index (χ4v) is 1.51. The van der Waals surface area contributed by atoms with Gasteiger partial charge in [-0.2, -0.15) is 0 Å². The fraction of sp³-hybridized carbons (Fsp3) is 0.111. The minimum Gasteiger partial charge on any atom is -0.295 e. The van der Waals surface area contributed by atoms with Crippen LogP contribution in [0.4, 0.5) is 0 Å². The van der Waals surface area contributed by atoms with Crippen LogP contribution in [-0.2, 0) is 0 Å². The SMILES string of the molecule is C=Cc1ncc2c(C)nc(Cl)cn12. The van der Waals surface area contributed by atoms with Crippen molar-refractivity contribution in [2.24, 2.45) is 0 Å². The first-order valence-electron chi connectivity index (χ1n) is 3.85. The van der Waals surface area contributed by atoms with Gasteiger partial charge in [-0.3, -0.25) is 4.40 Å². The highest BCUT2D eigenvalue weighted by Gasteiger charge is 2.04. The molecule has 66 valence electrons. The van der Waals surface area contributed by atoms with Gasteiger partial charge in [-0.15, -0.1) is 0 Å². The number of aromatic nitrogens is 3. The zero-order valence-electron chi connectivity index (χ0n) is 7.16. The van der Waals surface area contributed by atoms with Crippen LogP contribution in [0.25, 0.3) is 11.6 Å². The average molecular weight is 194 g/mol. The van der Waals surface area contributed by atoms with Crippen molar-refractivity contribution in [3.05, 3.63) is 35.6 Å². The highest BCUT2D eigenvalue weighted by molar-refractivity contribution is 6.29. The summed E-state index contributed by atoms with van der Waals surface area (Å²) in [4.78, 5) is 8.28. The molecule has 3 nitrogen and oxygen atoms in total. The summed E-state index contributed by atoms with van der Waals surface area (Å²) in [5.74, 6) is 0.780. The van der Waals surface area contributed by atoms with E-state index in [0.717, 1.165) is 17.0 Å². The van der Waals surface area contributed by atoms with Gasteiger partial charge in [0.25, 0.3) is 0 Å². The molecule has 2 heterocycles. The van der Waals surface area contributed by atoms with E-state index in [4.69, 9.17) is 11.6 Å². The third-order valence-electron chi connectivity index (χ3n) is 1.89. The van der Waals surface area contributed by atoms with Gasteiger partial charge in [0.15, 0.2) is 0 Å². The van der Waals surface area contributed by atoms with Gasteiger partial charge in [-0.25, -0.2) is 9.97 Å². The minimum absolute atomic E-state index is 0.464. The van der Waals surface area contributed by atoms with Crippen LogP contribution in [0, 0.1) is 6.92 Å². The highest BCUT2D eigenvalue weighted by atomic mass is 35.5. The minimum atomic E-state index is 0.464. The highest BCUT2D eigenvalue weighted by Crippen LogP contribution is 2.14. The molecule has 2 aromatic heterocycles. The molecular formula is C9H8ClN3. The summed E-state index contributed by atoms with van der Waals surface area (Å²) in [6, 6.07) is 0. The predicted molar refractivity (Wildman–Crippen MR) is 52.8 cm³/mol. The summed E-state index contributed by atoms with van der Waals surface area (Å²) in [5, 5.41) is 0.464. The number of halogens is 1. The standard InChI is InChI=1S/C9H8ClN3/c1-3-9-11-4-7-6(2)12-8(10)5-13(7)9/h3-5H,1H2,2H3. The number of nitrogens with zero attached hydrogens (tertiary/aromatic N) is 3. The van der Waals surface area contributed by atoms with Crippen molar-refractivity contribution in [1.82, 2.24) is 14.4 Å². The quantitative estimate of drug-likeness (QED) is 0.696. The molecule has 0 spiro atoms. The van der Waals surface area contributed by atoms with E-state index in [9.17, 15) is 0 Å². The molecule has 0 aromatic carbocycles. The van der Waals surface area contributed by atoms with Crippen LogP contribution in [0.3, 0.4) is 0 Å². The molecule has 2 aromatic rings. The van der Waals surface area contributed by atoms with Crippen molar-refractivity contribution in [2.45, 2.75) is 6.92 Å². The van der Waals surface area contributed by atoms with Crippen molar-refractivity contribution in [3.8, 4) is 0 Å². The summed E-state index contributed by atoms with van der Waals surface area (Å²) in [5.41, 5.74) is 1.83. The predicted octanol–water partition coefficient (Wildman–Crippen LogP) is 2.33. The van der Waals surface area contributed by atoms with Gasteiger partial charge in [0.1, 0.15) is 11.0 Å². The van der Waals surface area contributed by atoms with Gasteiger partial charge in [0.2, 0.25) is 0 Å². The molecule has 13 heavy (non-hydrogen) atoms. The van der Waals surface area contributed by atoms with Crippen molar-refractivity contribution in [1.29, 1.82) is 0 Å². The lowest BCUT2D eigenvalue weighted by Gasteiger charge is -1.99. The van der Waals surface area contributed by atoms with Gasteiger partial charge >= 0.3 is 0 Å². The van der Waals surface area contributed by atoms with Crippen LogP contribution in [0.5, 0.6) is 0 Å². The van der Waals surface area contributed by atoms with Crippen LogP contribution in [0.2, 0.25) is 5.15 Å². The van der Waals surface area contributed by atoms with Gasteiger partial charge < -0.3 is 0 Å². The second kappa shape index (κ2) is 2.85. The van der Waals surface area contributed by atoms with Gasteiger partial charge in [0.05, 0.1) is 17.4 Å². The van der Waals surface area contributed by atoms with Crippen LogP contribution in [0.15, 0.2) is 19.0 Å². The van der Waals surface area contributed by atoms with E-state index < -0.39 is 0 Å². The Morgan fingerprint density at radius 2 is 2.38 bits per heavy atom. The molecule has 4 heteroatoms. The molecule has 0 unspecified atom stereocenters. The molecule has 0 atom stereocenters. The first-order valence-corrected chi connectivity index (χ1v) is 4.23. The van der Waals surface area contributed by atoms with E-state index in [1.807, 2.05) is 11.3 Å². The lowest BCUT2D eigenvalue weighted by atomic mass is 10.4. The maximum atomic E-state index is 5.82. The van der Waals surface area contributed by atoms with Crippen LogP contribution in [-0.4, -0.2) is 14.4 Å². The maximum Gasteiger partial charge on any atom is 0.146 e. The Kier molecular flexibility index (Phi) is 1.81. The maximum absolute atomic E-state index is 5.82. The van der Waals surface area contributed by atoms with E-state index in [2.05, 4.69) is 16.5 Å². The van der Waals surface area contributed by atoms with Crippen LogP contribution in [0.1, 0.15) is 11.5 Å². The van der Waals surface area contributed by atoms with Gasteiger partial charge in [-0.1, -0.05) is 18.2 Å². The molecule has 0 aliphatic heterocycles. The molecule has 0 fully saturated rings. The monoisotopic (exact) mass is 193 g/mol. The molecule has 2 rings (SSSR count). The average Bonchev–Trinajstić information content (AvgIpc) is 2.47. The summed E-state index contributed by atoms with van der Waals surface area (Å²) in [7, 11) is 0. The Bertz CT molecular complexity index is 473. The first kappa shape index (κ1) is 8.26. The number of aryl methyl sites for hydroxylation is 1. The smallest absolute Gasteiger partial charge is 0.146 e. The third-order valence-corrected chi connectivity index (χ3v) is 2.07. The third kappa shape index (κ3) is 1.21. The Hall–Kier alpha value is -1.35. The molecule has 0 N–H and O–H groups in total. The number of fused-ring (bicyclic) bond motifs is 1. The summed E-state index contributed by atoms with van der Waals surface area (Å²) in [6.07, 6.45) is 5.17. The topological polar surface area (TPSA) is 30.2 Å². The number of rotatable bonds is 1. The van der Waals surface area contributed by atoms with E-state index in [1.54, 1.807) is 18.5 Å². The Morgan fingerprint density at radius 1 is 1.62 bits per heavy atom. The molecule has 0 aliphatic rings. The Labute approximate surface area is 80.7 Å². The molecule has 0 saturated heterocycles. The number of hydrogen-bond acceptors (Lipinski definition) is 2. The number of imidazole rings is 1. The zero-order valence-corrected chi connectivity index (χ0v) is 7.91. The first-order chi connectivity index (χ1) is 6.22. The van der Waals surface area contributed by atoms with Gasteiger partial charge in [-0.05, 0) is 13.0 Å². The zero-order chi connectivity index (χ0) is 9.42. The van der Waals surface area contributed by atoms with Crippen LogP contribution < -0.4 is 0 Å². The van der Waals surface area contributed by atoms with E-state index >= 15 is 0 Å². The summed E-state index contributed by atoms with van der Waals surface area (Å²) >= 11 is 5.82. The lowest BCUT2D eigenvalue weighted by Crippen LogP contribution is -1.93. The Balaban J connectivity index is 2.89. The molecule has 0 bridgehead atoms.